The third-order valence-electron chi connectivity index (χ3n) is 4.48. The van der Waals surface area contributed by atoms with Crippen LogP contribution in [0.5, 0.6) is 0 Å². The number of hydrogen-bond acceptors (Lipinski definition) is 3. The van der Waals surface area contributed by atoms with Gasteiger partial charge >= 0.3 is 5.97 Å². The van der Waals surface area contributed by atoms with Gasteiger partial charge < -0.3 is 10.0 Å². The minimum absolute atomic E-state index is 0.154. The van der Waals surface area contributed by atoms with Crippen molar-refractivity contribution in [2.24, 2.45) is 11.8 Å². The molecule has 0 bridgehead atoms. The van der Waals surface area contributed by atoms with Crippen LogP contribution < -0.4 is 0 Å². The molecular formula is C13H24N2O2. The first-order valence-electron chi connectivity index (χ1n) is 6.81. The fraction of sp³-hybridized carbons (Fsp3) is 0.923. The zero-order valence-electron chi connectivity index (χ0n) is 10.9. The molecule has 4 heteroatoms. The molecule has 4 nitrogen and oxygen atoms in total. The molecule has 0 aromatic carbocycles. The van der Waals surface area contributed by atoms with Gasteiger partial charge in [-0.2, -0.15) is 0 Å². The zero-order chi connectivity index (χ0) is 12.4. The van der Waals surface area contributed by atoms with Crippen LogP contribution >= 0.6 is 0 Å². The Labute approximate surface area is 104 Å². The summed E-state index contributed by atoms with van der Waals surface area (Å²) in [5, 5.41) is 9.15. The molecule has 17 heavy (non-hydrogen) atoms. The highest BCUT2D eigenvalue weighted by molar-refractivity contribution is 5.71. The molecule has 2 rings (SSSR count). The van der Waals surface area contributed by atoms with Crippen molar-refractivity contribution in [3.8, 4) is 0 Å². The molecule has 2 atom stereocenters. The minimum Gasteiger partial charge on any atom is -0.481 e. The summed E-state index contributed by atoms with van der Waals surface area (Å²) in [4.78, 5) is 16.0. The summed E-state index contributed by atoms with van der Waals surface area (Å²) in [5.41, 5.74) is 0. The normalized spacial score (nSPS) is 33.1. The van der Waals surface area contributed by atoms with Gasteiger partial charge in [-0.15, -0.1) is 0 Å². The number of carboxylic acid groups (broad SMARTS) is 1. The molecule has 0 amide bonds. The third-order valence-corrected chi connectivity index (χ3v) is 4.48. The SMILES string of the molecule is CCN1CCC(N2C[C@@H](C)[C@H](C(=O)O)C2)CC1. The number of carbonyl (C=O) groups is 1. The molecule has 0 unspecified atom stereocenters. The van der Waals surface area contributed by atoms with Crippen molar-refractivity contribution in [1.29, 1.82) is 0 Å². The van der Waals surface area contributed by atoms with Gasteiger partial charge in [0.1, 0.15) is 0 Å². The average molecular weight is 240 g/mol. The van der Waals surface area contributed by atoms with E-state index in [9.17, 15) is 4.79 Å². The molecule has 0 aromatic rings. The zero-order valence-corrected chi connectivity index (χ0v) is 10.9. The van der Waals surface area contributed by atoms with Crippen molar-refractivity contribution in [2.45, 2.75) is 32.7 Å². The van der Waals surface area contributed by atoms with Gasteiger partial charge in [-0.05, 0) is 38.4 Å². The summed E-state index contributed by atoms with van der Waals surface area (Å²) >= 11 is 0. The number of aliphatic carboxylic acids is 1. The van der Waals surface area contributed by atoms with Crippen LogP contribution in [0.1, 0.15) is 26.7 Å². The average Bonchev–Trinajstić information content (AvgIpc) is 2.71. The lowest BCUT2D eigenvalue weighted by Gasteiger charge is -2.36. The van der Waals surface area contributed by atoms with Crippen molar-refractivity contribution < 1.29 is 9.90 Å². The lowest BCUT2D eigenvalue weighted by molar-refractivity contribution is -0.142. The Bertz CT molecular complexity index is 275. The molecule has 2 fully saturated rings. The first kappa shape index (κ1) is 12.8. The highest BCUT2D eigenvalue weighted by atomic mass is 16.4. The standard InChI is InChI=1S/C13H24N2O2/c1-3-14-6-4-11(5-7-14)15-8-10(2)12(9-15)13(16)17/h10-12H,3-9H2,1-2H3,(H,16,17)/t10-,12-/m1/s1. The van der Waals surface area contributed by atoms with Gasteiger partial charge in [-0.3, -0.25) is 9.69 Å². The van der Waals surface area contributed by atoms with E-state index in [1.54, 1.807) is 0 Å². The van der Waals surface area contributed by atoms with Crippen molar-refractivity contribution in [1.82, 2.24) is 9.80 Å². The fourth-order valence-electron chi connectivity index (χ4n) is 3.22. The molecule has 0 aliphatic carbocycles. The Morgan fingerprint density at radius 1 is 1.29 bits per heavy atom. The Hall–Kier alpha value is -0.610. The summed E-state index contributed by atoms with van der Waals surface area (Å²) in [6.45, 7) is 9.48. The lowest BCUT2D eigenvalue weighted by Crippen LogP contribution is -2.44. The second kappa shape index (κ2) is 5.36. The van der Waals surface area contributed by atoms with E-state index in [1.165, 1.54) is 25.9 Å². The highest BCUT2D eigenvalue weighted by Crippen LogP contribution is 2.28. The van der Waals surface area contributed by atoms with Crippen LogP contribution in [0.25, 0.3) is 0 Å². The molecule has 0 radical (unpaired) electrons. The van der Waals surface area contributed by atoms with Crippen molar-refractivity contribution in [3.05, 3.63) is 0 Å². The topological polar surface area (TPSA) is 43.8 Å². The number of piperidine rings is 1. The second-order valence-corrected chi connectivity index (χ2v) is 5.54. The Morgan fingerprint density at radius 2 is 1.94 bits per heavy atom. The summed E-state index contributed by atoms with van der Waals surface area (Å²) < 4.78 is 0. The van der Waals surface area contributed by atoms with Crippen LogP contribution in [0.15, 0.2) is 0 Å². The second-order valence-electron chi connectivity index (χ2n) is 5.54. The predicted molar refractivity (Wildman–Crippen MR) is 67.0 cm³/mol. The maximum atomic E-state index is 11.1. The fourth-order valence-corrected chi connectivity index (χ4v) is 3.22. The number of likely N-dealkylation sites (tertiary alicyclic amines) is 2. The van der Waals surface area contributed by atoms with Crippen LogP contribution in [0, 0.1) is 11.8 Å². The molecule has 1 N–H and O–H groups in total. The van der Waals surface area contributed by atoms with Crippen LogP contribution in [0.3, 0.4) is 0 Å². The van der Waals surface area contributed by atoms with E-state index in [-0.39, 0.29) is 5.92 Å². The largest absolute Gasteiger partial charge is 0.481 e. The smallest absolute Gasteiger partial charge is 0.308 e. The summed E-state index contributed by atoms with van der Waals surface area (Å²) in [6.07, 6.45) is 2.40. The molecular weight excluding hydrogens is 216 g/mol. The first-order valence-corrected chi connectivity index (χ1v) is 6.81. The Morgan fingerprint density at radius 3 is 2.41 bits per heavy atom. The molecule has 2 aliphatic rings. The number of carboxylic acids is 1. The Kier molecular flexibility index (Phi) is 4.05. The highest BCUT2D eigenvalue weighted by Gasteiger charge is 2.38. The lowest BCUT2D eigenvalue weighted by atomic mass is 9.99. The van der Waals surface area contributed by atoms with E-state index in [1.807, 2.05) is 0 Å². The van der Waals surface area contributed by atoms with Crippen LogP contribution in [-0.4, -0.2) is 59.6 Å². The number of nitrogens with zero attached hydrogens (tertiary/aromatic N) is 2. The minimum atomic E-state index is -0.619. The monoisotopic (exact) mass is 240 g/mol. The van der Waals surface area contributed by atoms with Crippen LogP contribution in [-0.2, 0) is 4.79 Å². The van der Waals surface area contributed by atoms with E-state index < -0.39 is 5.97 Å². The molecule has 98 valence electrons. The maximum absolute atomic E-state index is 11.1. The van der Waals surface area contributed by atoms with Gasteiger partial charge in [0.25, 0.3) is 0 Å². The predicted octanol–water partition coefficient (Wildman–Crippen LogP) is 1.12. The van der Waals surface area contributed by atoms with E-state index in [0.717, 1.165) is 19.6 Å². The molecule has 0 aromatic heterocycles. The van der Waals surface area contributed by atoms with Gasteiger partial charge in [0, 0.05) is 19.1 Å². The van der Waals surface area contributed by atoms with Crippen molar-refractivity contribution in [3.63, 3.8) is 0 Å². The first-order chi connectivity index (χ1) is 8.11. The molecule has 2 saturated heterocycles. The van der Waals surface area contributed by atoms with Crippen LogP contribution in [0.4, 0.5) is 0 Å². The van der Waals surface area contributed by atoms with Gasteiger partial charge in [-0.25, -0.2) is 0 Å². The Balaban J connectivity index is 1.86. The summed E-state index contributed by atoms with van der Waals surface area (Å²) in [7, 11) is 0. The van der Waals surface area contributed by atoms with E-state index in [0.29, 0.717) is 12.0 Å². The third kappa shape index (κ3) is 2.80. The van der Waals surface area contributed by atoms with Gasteiger partial charge in [0.15, 0.2) is 0 Å². The van der Waals surface area contributed by atoms with E-state index in [4.69, 9.17) is 5.11 Å². The summed E-state index contributed by atoms with van der Waals surface area (Å²) in [6, 6.07) is 0.615. The van der Waals surface area contributed by atoms with Crippen molar-refractivity contribution in [2.75, 3.05) is 32.7 Å². The summed E-state index contributed by atoms with van der Waals surface area (Å²) in [5.74, 6) is -0.470. The molecule has 0 spiro atoms. The quantitative estimate of drug-likeness (QED) is 0.803. The maximum Gasteiger partial charge on any atom is 0.308 e. The van der Waals surface area contributed by atoms with E-state index >= 15 is 0 Å². The van der Waals surface area contributed by atoms with Crippen LogP contribution in [0.2, 0.25) is 0 Å². The molecule has 0 saturated carbocycles. The molecule has 2 heterocycles. The van der Waals surface area contributed by atoms with Gasteiger partial charge in [0.2, 0.25) is 0 Å². The molecule has 2 aliphatic heterocycles. The number of hydrogen-bond donors (Lipinski definition) is 1. The van der Waals surface area contributed by atoms with Gasteiger partial charge in [-0.1, -0.05) is 13.8 Å². The van der Waals surface area contributed by atoms with Crippen molar-refractivity contribution >= 4 is 5.97 Å². The van der Waals surface area contributed by atoms with E-state index in [2.05, 4.69) is 23.6 Å². The number of rotatable bonds is 3. The van der Waals surface area contributed by atoms with Gasteiger partial charge in [0.05, 0.1) is 5.92 Å².